The molecule has 2 aromatic rings. The van der Waals surface area contributed by atoms with Crippen molar-refractivity contribution in [2.75, 3.05) is 21.0 Å². The van der Waals surface area contributed by atoms with Gasteiger partial charge in [0.1, 0.15) is 17.8 Å². The van der Waals surface area contributed by atoms with Crippen molar-refractivity contribution in [1.82, 2.24) is 10.3 Å². The number of nitrogens with one attached hydrogen (secondary N) is 1. The van der Waals surface area contributed by atoms with Gasteiger partial charge >= 0.3 is 11.9 Å². The monoisotopic (exact) mass is 518 g/mol. The van der Waals surface area contributed by atoms with Gasteiger partial charge in [-0.25, -0.2) is 0 Å². The molecule has 2 rings (SSSR count). The molecule has 10 heteroatoms. The van der Waals surface area contributed by atoms with E-state index in [4.69, 9.17) is 23.7 Å². The number of ether oxygens (including phenoxy) is 5. The van der Waals surface area contributed by atoms with Crippen LogP contribution in [0.2, 0.25) is 0 Å². The van der Waals surface area contributed by atoms with Crippen LogP contribution in [0.15, 0.2) is 42.6 Å². The van der Waals surface area contributed by atoms with Gasteiger partial charge in [-0.15, -0.1) is 0 Å². The van der Waals surface area contributed by atoms with E-state index >= 15 is 0 Å². The number of carbonyl (C=O) groups excluding carboxylic acids is 2. The minimum atomic E-state index is -1.41. The summed E-state index contributed by atoms with van der Waals surface area (Å²) in [5, 5.41) is 13.6. The number of rotatable bonds is 14. The zero-order chi connectivity index (χ0) is 27.6. The lowest BCUT2D eigenvalue weighted by molar-refractivity contribution is -0.160. The minimum absolute atomic E-state index is 0.0571. The highest BCUT2D eigenvalue weighted by atomic mass is 16.7. The summed E-state index contributed by atoms with van der Waals surface area (Å²) >= 11 is 0. The number of esters is 2. The van der Waals surface area contributed by atoms with Gasteiger partial charge in [-0.05, 0) is 39.7 Å². The third-order valence-corrected chi connectivity index (χ3v) is 6.19. The van der Waals surface area contributed by atoms with E-state index in [0.29, 0.717) is 6.42 Å². The second-order valence-corrected chi connectivity index (χ2v) is 9.16. The van der Waals surface area contributed by atoms with Gasteiger partial charge < -0.3 is 28.8 Å². The Hall–Kier alpha value is -3.21. The van der Waals surface area contributed by atoms with Crippen LogP contribution in [0.4, 0.5) is 0 Å². The van der Waals surface area contributed by atoms with E-state index in [0.717, 1.165) is 5.56 Å². The molecule has 0 aliphatic carbocycles. The average molecular weight is 519 g/mol. The molecule has 0 aliphatic heterocycles. The van der Waals surface area contributed by atoms with Gasteiger partial charge in [-0.1, -0.05) is 30.3 Å². The smallest absolute Gasteiger partial charge is 0.323 e. The Morgan fingerprint density at radius 1 is 1.11 bits per heavy atom. The number of hydrogen-bond donors (Lipinski definition) is 2. The van der Waals surface area contributed by atoms with Crippen LogP contribution in [-0.4, -0.2) is 60.8 Å². The number of pyridine rings is 1. The molecule has 0 saturated heterocycles. The second-order valence-electron chi connectivity index (χ2n) is 9.16. The van der Waals surface area contributed by atoms with Crippen LogP contribution in [0.3, 0.4) is 0 Å². The molecule has 204 valence electrons. The van der Waals surface area contributed by atoms with Crippen LogP contribution < -0.4 is 14.8 Å². The van der Waals surface area contributed by atoms with Crippen LogP contribution in [0, 0.1) is 5.92 Å². The van der Waals surface area contributed by atoms with Crippen molar-refractivity contribution in [3.8, 4) is 11.5 Å². The van der Waals surface area contributed by atoms with E-state index in [2.05, 4.69) is 10.3 Å². The summed E-state index contributed by atoms with van der Waals surface area (Å²) in [7, 11) is 3.06. The molecule has 1 unspecified atom stereocenters. The molecule has 0 fully saturated rings. The first-order chi connectivity index (χ1) is 17.5. The van der Waals surface area contributed by atoms with Crippen molar-refractivity contribution >= 4 is 11.9 Å². The Bertz CT molecular complexity index is 1010. The van der Waals surface area contributed by atoms with Gasteiger partial charge in [-0.2, -0.15) is 0 Å². The van der Waals surface area contributed by atoms with Crippen LogP contribution in [0.5, 0.6) is 11.5 Å². The summed E-state index contributed by atoms with van der Waals surface area (Å²) in [5.74, 6) is -0.878. The lowest BCUT2D eigenvalue weighted by Gasteiger charge is -2.37. The van der Waals surface area contributed by atoms with Gasteiger partial charge in [0.15, 0.2) is 17.7 Å². The highest BCUT2D eigenvalue weighted by Crippen LogP contribution is 2.33. The number of aliphatic hydroxyl groups excluding tert-OH is 1. The molecule has 2 N–H and O–H groups in total. The molecule has 4 atom stereocenters. The van der Waals surface area contributed by atoms with Gasteiger partial charge in [-0.3, -0.25) is 19.9 Å². The molecule has 0 bridgehead atoms. The largest absolute Gasteiger partial charge is 0.493 e. The van der Waals surface area contributed by atoms with Gasteiger partial charge in [0.05, 0.1) is 12.7 Å². The molecule has 1 aromatic carbocycles. The lowest BCUT2D eigenvalue weighted by Crippen LogP contribution is -2.46. The molecule has 37 heavy (non-hydrogen) atoms. The predicted molar refractivity (Wildman–Crippen MR) is 136 cm³/mol. The number of benzene rings is 1. The molecule has 0 aliphatic rings. The zero-order valence-electron chi connectivity index (χ0n) is 22.5. The number of carbonyl (C=O) groups is 2. The summed E-state index contributed by atoms with van der Waals surface area (Å²) in [6.07, 6.45) is 0.179. The van der Waals surface area contributed by atoms with E-state index in [9.17, 15) is 14.7 Å². The molecule has 10 nitrogen and oxygen atoms in total. The fourth-order valence-corrected chi connectivity index (χ4v) is 3.87. The van der Waals surface area contributed by atoms with Crippen LogP contribution in [0.1, 0.15) is 52.1 Å². The van der Waals surface area contributed by atoms with Crippen LogP contribution in [-0.2, 0) is 30.2 Å². The lowest BCUT2D eigenvalue weighted by atomic mass is 9.81. The number of methoxy groups -OCH3 is 2. The first-order valence-electron chi connectivity index (χ1n) is 12.0. The third-order valence-electron chi connectivity index (χ3n) is 6.19. The van der Waals surface area contributed by atoms with Crippen molar-refractivity contribution in [2.45, 2.75) is 65.0 Å². The molecule has 0 amide bonds. The fraction of sp³-hybridized carbons (Fsp3) is 0.519. The first-order valence-corrected chi connectivity index (χ1v) is 12.0. The predicted octanol–water partition coefficient (Wildman–Crippen LogP) is 3.17. The van der Waals surface area contributed by atoms with E-state index in [-0.39, 0.29) is 23.1 Å². The number of aliphatic hydroxyl groups is 1. The van der Waals surface area contributed by atoms with Crippen LogP contribution in [0.25, 0.3) is 0 Å². The maximum atomic E-state index is 13.0. The quantitative estimate of drug-likeness (QED) is 0.284. The summed E-state index contributed by atoms with van der Waals surface area (Å²) in [5.41, 5.74) is 0.596. The summed E-state index contributed by atoms with van der Waals surface area (Å²) < 4.78 is 27.1. The van der Waals surface area contributed by atoms with Crippen LogP contribution >= 0.6 is 0 Å². The Kier molecular flexibility index (Phi) is 11.3. The molecular weight excluding hydrogens is 480 g/mol. The summed E-state index contributed by atoms with van der Waals surface area (Å²) in [6.45, 7) is 8.17. The number of hydrogen-bond acceptors (Lipinski definition) is 10. The topological polar surface area (TPSA) is 125 Å². The summed E-state index contributed by atoms with van der Waals surface area (Å²) in [4.78, 5) is 28.2. The van der Waals surface area contributed by atoms with E-state index in [1.807, 2.05) is 51.1 Å². The van der Waals surface area contributed by atoms with Crippen molar-refractivity contribution < 1.29 is 38.4 Å². The standard InChI is InChI=1S/C27H38N2O8/c1-17(29-25(31)23-24(36-16-35-19(3)30)22(33-6)13-14-28-23)26(32)37-18(2)21(27(4,5)34-7)15-20-11-9-8-10-12-20/h8-14,17-18,21,25,29,31H,15-16H2,1-7H3/t17-,18-,21-,25?/m0/s1. The first kappa shape index (κ1) is 30.0. The second kappa shape index (κ2) is 13.9. The molecule has 1 aromatic heterocycles. The normalized spacial score (nSPS) is 14.7. The highest BCUT2D eigenvalue weighted by molar-refractivity contribution is 5.75. The van der Waals surface area contributed by atoms with Crippen molar-refractivity contribution in [2.24, 2.45) is 5.92 Å². The Balaban J connectivity index is 2.11. The average Bonchev–Trinajstić information content (AvgIpc) is 2.87. The molecule has 0 radical (unpaired) electrons. The van der Waals surface area contributed by atoms with E-state index in [1.54, 1.807) is 14.0 Å². The van der Waals surface area contributed by atoms with Gasteiger partial charge in [0, 0.05) is 32.2 Å². The van der Waals surface area contributed by atoms with E-state index < -0.39 is 42.7 Å². The van der Waals surface area contributed by atoms with E-state index in [1.165, 1.54) is 26.3 Å². The molecular formula is C27H38N2O8. The zero-order valence-corrected chi connectivity index (χ0v) is 22.5. The Morgan fingerprint density at radius 3 is 2.38 bits per heavy atom. The fourth-order valence-electron chi connectivity index (χ4n) is 3.87. The SMILES string of the molecule is COc1ccnc(C(O)N[C@@H](C)C(=O)O[C@@H](C)[C@H](Cc2ccccc2)C(C)(C)OC)c1OCOC(C)=O. The number of nitrogens with zero attached hydrogens (tertiary/aromatic N) is 1. The van der Waals surface area contributed by atoms with Crippen molar-refractivity contribution in [3.05, 3.63) is 53.9 Å². The Labute approximate surface area is 218 Å². The molecule has 1 heterocycles. The van der Waals surface area contributed by atoms with Crippen molar-refractivity contribution in [3.63, 3.8) is 0 Å². The van der Waals surface area contributed by atoms with Gasteiger partial charge in [0.2, 0.25) is 6.79 Å². The minimum Gasteiger partial charge on any atom is -0.493 e. The molecule has 0 saturated carbocycles. The highest BCUT2D eigenvalue weighted by Gasteiger charge is 2.37. The summed E-state index contributed by atoms with van der Waals surface area (Å²) in [6, 6.07) is 10.6. The number of aromatic nitrogens is 1. The maximum absolute atomic E-state index is 13.0. The van der Waals surface area contributed by atoms with Gasteiger partial charge in [0.25, 0.3) is 0 Å². The third kappa shape index (κ3) is 8.70. The Morgan fingerprint density at radius 2 is 1.78 bits per heavy atom. The van der Waals surface area contributed by atoms with Crippen molar-refractivity contribution in [1.29, 1.82) is 0 Å². The molecule has 0 spiro atoms. The maximum Gasteiger partial charge on any atom is 0.323 e.